The minimum absolute atomic E-state index is 0. The Bertz CT molecular complexity index is 42.8. The Morgan fingerprint density at radius 3 is 1.83 bits per heavy atom. The van der Waals surface area contributed by atoms with Gasteiger partial charge >= 0.3 is 0 Å². The first-order valence-corrected chi connectivity index (χ1v) is 1.81. The van der Waals surface area contributed by atoms with Crippen molar-refractivity contribution in [3.05, 3.63) is 0 Å². The van der Waals surface area contributed by atoms with Crippen LogP contribution < -0.4 is 0 Å². The van der Waals surface area contributed by atoms with Crippen molar-refractivity contribution < 1.29 is 17.1 Å². The molecule has 0 bridgehead atoms. The SMILES string of the molecule is CCC(C)=N.[Cu]. The van der Waals surface area contributed by atoms with Gasteiger partial charge in [-0.3, -0.25) is 0 Å². The molecule has 0 saturated heterocycles. The first-order valence-electron chi connectivity index (χ1n) is 1.81. The van der Waals surface area contributed by atoms with Gasteiger partial charge in [0.05, 0.1) is 0 Å². The molecule has 0 aliphatic carbocycles. The standard InChI is InChI=1S/C4H9N.Cu/c1-3-4(2)5;/h5H,3H2,1-2H3;. The summed E-state index contributed by atoms with van der Waals surface area (Å²) in [4.78, 5) is 0. The fraction of sp³-hybridized carbons (Fsp3) is 0.750. The van der Waals surface area contributed by atoms with Gasteiger partial charge in [-0.05, 0) is 13.3 Å². The molecule has 0 aliphatic rings. The maximum absolute atomic E-state index is 6.74. The van der Waals surface area contributed by atoms with E-state index in [-0.39, 0.29) is 17.1 Å². The van der Waals surface area contributed by atoms with E-state index in [1.807, 2.05) is 6.92 Å². The van der Waals surface area contributed by atoms with Crippen LogP contribution in [-0.4, -0.2) is 5.71 Å². The molecular weight excluding hydrogens is 126 g/mol. The van der Waals surface area contributed by atoms with Crippen molar-refractivity contribution in [1.82, 2.24) is 0 Å². The van der Waals surface area contributed by atoms with Crippen molar-refractivity contribution >= 4 is 5.71 Å². The second-order valence-corrected chi connectivity index (χ2v) is 1.13. The molecule has 6 heavy (non-hydrogen) atoms. The summed E-state index contributed by atoms with van der Waals surface area (Å²) in [5.41, 5.74) is 0.755. The van der Waals surface area contributed by atoms with E-state index in [4.69, 9.17) is 5.41 Å². The van der Waals surface area contributed by atoms with Crippen molar-refractivity contribution in [2.75, 3.05) is 0 Å². The molecule has 2 heteroatoms. The molecule has 0 atom stereocenters. The number of rotatable bonds is 1. The predicted molar refractivity (Wildman–Crippen MR) is 23.7 cm³/mol. The Kier molecular flexibility index (Phi) is 8.21. The van der Waals surface area contributed by atoms with Crippen molar-refractivity contribution in [3.8, 4) is 0 Å². The van der Waals surface area contributed by atoms with Crippen LogP contribution in [0.1, 0.15) is 20.3 Å². The van der Waals surface area contributed by atoms with Crippen LogP contribution in [0.25, 0.3) is 0 Å². The van der Waals surface area contributed by atoms with Gasteiger partial charge in [0.2, 0.25) is 0 Å². The zero-order valence-corrected chi connectivity index (χ0v) is 4.95. The molecule has 0 aromatic heterocycles. The molecule has 0 spiro atoms. The molecule has 41 valence electrons. The number of hydrogen-bond donors (Lipinski definition) is 1. The molecule has 0 fully saturated rings. The Labute approximate surface area is 49.1 Å². The summed E-state index contributed by atoms with van der Waals surface area (Å²) >= 11 is 0. The summed E-state index contributed by atoms with van der Waals surface area (Å²) in [6.45, 7) is 3.78. The summed E-state index contributed by atoms with van der Waals surface area (Å²) in [6.07, 6.45) is 0.889. The minimum atomic E-state index is 0. The second kappa shape index (κ2) is 5.19. The molecule has 0 heterocycles. The van der Waals surface area contributed by atoms with Gasteiger partial charge in [0.25, 0.3) is 0 Å². The first kappa shape index (κ1) is 9.50. The zero-order chi connectivity index (χ0) is 4.28. The second-order valence-electron chi connectivity index (χ2n) is 1.13. The van der Waals surface area contributed by atoms with Crippen LogP contribution >= 0.6 is 0 Å². The van der Waals surface area contributed by atoms with Gasteiger partial charge in [-0.25, -0.2) is 0 Å². The van der Waals surface area contributed by atoms with E-state index >= 15 is 0 Å². The van der Waals surface area contributed by atoms with Gasteiger partial charge in [0.15, 0.2) is 0 Å². The maximum Gasteiger partial charge on any atom is 0.00554 e. The fourth-order valence-electron chi connectivity index (χ4n) is 0. The van der Waals surface area contributed by atoms with Gasteiger partial charge in [-0.1, -0.05) is 6.92 Å². The molecule has 1 nitrogen and oxygen atoms in total. The Hall–Kier alpha value is 0.189. The molecule has 0 aromatic carbocycles. The molecular formula is C4H9CuN. The summed E-state index contributed by atoms with van der Waals surface area (Å²) in [6, 6.07) is 0. The third-order valence-corrected chi connectivity index (χ3v) is 0.530. The van der Waals surface area contributed by atoms with E-state index in [9.17, 15) is 0 Å². The minimum Gasteiger partial charge on any atom is -0.310 e. The maximum atomic E-state index is 6.74. The van der Waals surface area contributed by atoms with Gasteiger partial charge in [0.1, 0.15) is 0 Å². The average Bonchev–Trinajstić information content (AvgIpc) is 1.38. The smallest absolute Gasteiger partial charge is 0.00554 e. The Balaban J connectivity index is 0. The van der Waals surface area contributed by atoms with E-state index < -0.39 is 0 Å². The van der Waals surface area contributed by atoms with E-state index in [1.54, 1.807) is 6.92 Å². The van der Waals surface area contributed by atoms with Crippen molar-refractivity contribution in [1.29, 1.82) is 5.41 Å². The summed E-state index contributed by atoms with van der Waals surface area (Å²) in [5.74, 6) is 0. The van der Waals surface area contributed by atoms with Crippen LogP contribution in [0.2, 0.25) is 0 Å². The van der Waals surface area contributed by atoms with Crippen molar-refractivity contribution in [2.24, 2.45) is 0 Å². The average molecular weight is 135 g/mol. The van der Waals surface area contributed by atoms with Crippen LogP contribution in [0.15, 0.2) is 0 Å². The summed E-state index contributed by atoms with van der Waals surface area (Å²) < 4.78 is 0. The van der Waals surface area contributed by atoms with E-state index in [2.05, 4.69) is 0 Å². The summed E-state index contributed by atoms with van der Waals surface area (Å²) in [7, 11) is 0. The number of hydrogen-bond acceptors (Lipinski definition) is 1. The van der Waals surface area contributed by atoms with Crippen molar-refractivity contribution in [2.45, 2.75) is 20.3 Å². The molecule has 0 rings (SSSR count). The van der Waals surface area contributed by atoms with Crippen LogP contribution in [0, 0.1) is 5.41 Å². The van der Waals surface area contributed by atoms with Crippen LogP contribution in [0.5, 0.6) is 0 Å². The fourth-order valence-corrected chi connectivity index (χ4v) is 0. The molecule has 0 unspecified atom stereocenters. The van der Waals surface area contributed by atoms with Gasteiger partial charge in [0, 0.05) is 22.8 Å². The largest absolute Gasteiger partial charge is 0.310 e. The van der Waals surface area contributed by atoms with Crippen LogP contribution in [-0.2, 0) is 17.1 Å². The van der Waals surface area contributed by atoms with Crippen LogP contribution in [0.4, 0.5) is 0 Å². The Morgan fingerprint density at radius 2 is 1.83 bits per heavy atom. The third-order valence-electron chi connectivity index (χ3n) is 0.530. The topological polar surface area (TPSA) is 23.9 Å². The predicted octanol–water partition coefficient (Wildman–Crippen LogP) is 1.43. The third kappa shape index (κ3) is 8.89. The van der Waals surface area contributed by atoms with E-state index in [0.717, 1.165) is 12.1 Å². The first-order chi connectivity index (χ1) is 2.27. The van der Waals surface area contributed by atoms with Gasteiger partial charge in [-0.2, -0.15) is 0 Å². The molecule has 0 saturated carbocycles. The summed E-state index contributed by atoms with van der Waals surface area (Å²) in [5, 5.41) is 6.74. The van der Waals surface area contributed by atoms with Crippen molar-refractivity contribution in [3.63, 3.8) is 0 Å². The molecule has 0 amide bonds. The van der Waals surface area contributed by atoms with Crippen LogP contribution in [0.3, 0.4) is 0 Å². The monoisotopic (exact) mass is 134 g/mol. The van der Waals surface area contributed by atoms with Gasteiger partial charge in [-0.15, -0.1) is 0 Å². The quantitative estimate of drug-likeness (QED) is 0.415. The van der Waals surface area contributed by atoms with E-state index in [1.165, 1.54) is 0 Å². The van der Waals surface area contributed by atoms with Gasteiger partial charge < -0.3 is 5.41 Å². The zero-order valence-electron chi connectivity index (χ0n) is 4.01. The molecule has 1 radical (unpaired) electrons. The Morgan fingerprint density at radius 1 is 1.67 bits per heavy atom. The molecule has 1 N–H and O–H groups in total. The molecule has 0 aromatic rings. The molecule has 0 aliphatic heterocycles. The normalized spacial score (nSPS) is 6.33. The van der Waals surface area contributed by atoms with E-state index in [0.29, 0.717) is 0 Å². The number of nitrogens with one attached hydrogen (secondary N) is 1.